The van der Waals surface area contributed by atoms with Crippen molar-refractivity contribution in [2.45, 2.75) is 58.3 Å². The van der Waals surface area contributed by atoms with E-state index in [-0.39, 0.29) is 0 Å². The highest BCUT2D eigenvalue weighted by Crippen LogP contribution is 2.61. The summed E-state index contributed by atoms with van der Waals surface area (Å²) in [4.78, 5) is 0. The van der Waals surface area contributed by atoms with Gasteiger partial charge in [-0.15, -0.1) is 0 Å². The maximum atomic E-state index is 9.40. The first-order valence-electron chi connectivity index (χ1n) is 8.19. The molecule has 0 aliphatic heterocycles. The maximum absolute atomic E-state index is 9.40. The molecule has 0 amide bonds. The minimum absolute atomic E-state index is 0.314. The Labute approximate surface area is 117 Å². The molecule has 106 valence electrons. The standard InChI is InChI=1S/C17H27NO/c1-17-8-6-13-10-12(7-9-19)2-4-15(13)16(17)5-3-14(17)11-18/h12-16,19H,2-10H2,1H3/t12-,13+,14-,15+,16-,17+/m1/s1. The molecule has 0 aromatic rings. The second-order valence-electron chi connectivity index (χ2n) is 7.53. The van der Waals surface area contributed by atoms with E-state index in [4.69, 9.17) is 5.11 Å². The van der Waals surface area contributed by atoms with Crippen LogP contribution in [0.5, 0.6) is 0 Å². The van der Waals surface area contributed by atoms with Crippen molar-refractivity contribution in [3.63, 3.8) is 0 Å². The van der Waals surface area contributed by atoms with Gasteiger partial charge in [0.1, 0.15) is 0 Å². The molecule has 2 heteroatoms. The summed E-state index contributed by atoms with van der Waals surface area (Å²) in [5, 5.41) is 18.5. The van der Waals surface area contributed by atoms with Crippen molar-refractivity contribution in [2.24, 2.45) is 35.0 Å². The summed E-state index contributed by atoms with van der Waals surface area (Å²) in [6, 6.07) is 2.60. The average Bonchev–Trinajstić information content (AvgIpc) is 2.76. The highest BCUT2D eigenvalue weighted by atomic mass is 16.3. The van der Waals surface area contributed by atoms with Gasteiger partial charge < -0.3 is 5.11 Å². The first-order valence-corrected chi connectivity index (χ1v) is 8.19. The summed E-state index contributed by atoms with van der Waals surface area (Å²) in [7, 11) is 0. The molecular weight excluding hydrogens is 234 g/mol. The van der Waals surface area contributed by atoms with E-state index in [1.165, 1.54) is 38.5 Å². The van der Waals surface area contributed by atoms with Gasteiger partial charge in [0.25, 0.3) is 0 Å². The Morgan fingerprint density at radius 3 is 2.79 bits per heavy atom. The van der Waals surface area contributed by atoms with Gasteiger partial charge in [-0.3, -0.25) is 0 Å². The lowest BCUT2D eigenvalue weighted by Crippen LogP contribution is -2.43. The number of nitriles is 1. The highest BCUT2D eigenvalue weighted by molar-refractivity contribution is 5.09. The van der Waals surface area contributed by atoms with Crippen molar-refractivity contribution >= 4 is 0 Å². The van der Waals surface area contributed by atoms with Crippen LogP contribution in [0.3, 0.4) is 0 Å². The smallest absolute Gasteiger partial charge is 0.0661 e. The van der Waals surface area contributed by atoms with Gasteiger partial charge in [-0.1, -0.05) is 13.3 Å². The quantitative estimate of drug-likeness (QED) is 0.822. The minimum Gasteiger partial charge on any atom is -0.396 e. The SMILES string of the molecule is C[C@@]12CC[C@H]3C[C@@H](CCO)CC[C@@H]3[C@H]1CC[C@@H]2C#N. The van der Waals surface area contributed by atoms with Crippen LogP contribution in [0, 0.1) is 46.3 Å². The van der Waals surface area contributed by atoms with Gasteiger partial charge in [-0.25, -0.2) is 0 Å². The van der Waals surface area contributed by atoms with E-state index in [9.17, 15) is 5.26 Å². The molecule has 0 aromatic heterocycles. The van der Waals surface area contributed by atoms with Crippen LogP contribution in [0.25, 0.3) is 0 Å². The molecule has 1 N–H and O–H groups in total. The predicted molar refractivity (Wildman–Crippen MR) is 75.2 cm³/mol. The van der Waals surface area contributed by atoms with Crippen LogP contribution in [0.4, 0.5) is 0 Å². The van der Waals surface area contributed by atoms with E-state index in [1.807, 2.05) is 0 Å². The van der Waals surface area contributed by atoms with Crippen LogP contribution < -0.4 is 0 Å². The van der Waals surface area contributed by atoms with E-state index in [0.29, 0.717) is 17.9 Å². The number of aliphatic hydroxyl groups excluding tert-OH is 1. The van der Waals surface area contributed by atoms with Crippen molar-refractivity contribution in [3.8, 4) is 6.07 Å². The predicted octanol–water partition coefficient (Wildman–Crippen LogP) is 3.75. The largest absolute Gasteiger partial charge is 0.396 e. The fourth-order valence-electron chi connectivity index (χ4n) is 5.73. The lowest BCUT2D eigenvalue weighted by atomic mass is 9.54. The van der Waals surface area contributed by atoms with Crippen molar-refractivity contribution in [1.29, 1.82) is 5.26 Å². The average molecular weight is 261 g/mol. The highest BCUT2D eigenvalue weighted by Gasteiger charge is 2.54. The zero-order valence-corrected chi connectivity index (χ0v) is 12.1. The van der Waals surface area contributed by atoms with Crippen LogP contribution in [-0.4, -0.2) is 11.7 Å². The molecule has 6 atom stereocenters. The Kier molecular flexibility index (Phi) is 3.60. The molecule has 3 aliphatic carbocycles. The van der Waals surface area contributed by atoms with Gasteiger partial charge in [-0.05, 0) is 74.0 Å². The molecular formula is C17H27NO. The molecule has 3 rings (SSSR count). The Hall–Kier alpha value is -0.550. The van der Waals surface area contributed by atoms with Gasteiger partial charge in [0.05, 0.1) is 12.0 Å². The van der Waals surface area contributed by atoms with Crippen molar-refractivity contribution in [3.05, 3.63) is 0 Å². The van der Waals surface area contributed by atoms with E-state index < -0.39 is 0 Å². The first-order chi connectivity index (χ1) is 9.19. The van der Waals surface area contributed by atoms with Crippen molar-refractivity contribution in [1.82, 2.24) is 0 Å². The van der Waals surface area contributed by atoms with Crippen LogP contribution in [0.15, 0.2) is 0 Å². The summed E-state index contributed by atoms with van der Waals surface area (Å²) in [6.07, 6.45) is 10.0. The molecule has 0 heterocycles. The van der Waals surface area contributed by atoms with Crippen LogP contribution in [0.2, 0.25) is 0 Å². The molecule has 0 saturated heterocycles. The molecule has 19 heavy (non-hydrogen) atoms. The summed E-state index contributed by atoms with van der Waals surface area (Å²) in [5.41, 5.74) is 0.319. The number of aliphatic hydroxyl groups is 1. The molecule has 0 aromatic carbocycles. The van der Waals surface area contributed by atoms with Gasteiger partial charge >= 0.3 is 0 Å². The third kappa shape index (κ3) is 2.11. The summed E-state index contributed by atoms with van der Waals surface area (Å²) in [6.45, 7) is 2.76. The normalized spacial score (nSPS) is 49.2. The summed E-state index contributed by atoms with van der Waals surface area (Å²) >= 11 is 0. The first kappa shape index (κ1) is 13.4. The van der Waals surface area contributed by atoms with Gasteiger partial charge in [0, 0.05) is 6.61 Å². The Bertz CT molecular complexity index is 374. The van der Waals surface area contributed by atoms with Crippen LogP contribution >= 0.6 is 0 Å². The van der Waals surface area contributed by atoms with Crippen molar-refractivity contribution < 1.29 is 5.11 Å². The fourth-order valence-corrected chi connectivity index (χ4v) is 5.73. The van der Waals surface area contributed by atoms with E-state index in [1.54, 1.807) is 0 Å². The van der Waals surface area contributed by atoms with Crippen LogP contribution in [0.1, 0.15) is 58.3 Å². The lowest BCUT2D eigenvalue weighted by molar-refractivity contribution is -0.0135. The van der Waals surface area contributed by atoms with Gasteiger partial charge in [-0.2, -0.15) is 5.26 Å². The molecule has 3 fully saturated rings. The number of rotatable bonds is 2. The lowest BCUT2D eigenvalue weighted by Gasteiger charge is -2.51. The molecule has 2 nitrogen and oxygen atoms in total. The second-order valence-corrected chi connectivity index (χ2v) is 7.53. The zero-order chi connectivity index (χ0) is 13.5. The monoisotopic (exact) mass is 261 g/mol. The van der Waals surface area contributed by atoms with Crippen LogP contribution in [-0.2, 0) is 0 Å². The molecule has 0 spiro atoms. The third-order valence-corrected chi connectivity index (χ3v) is 6.82. The van der Waals surface area contributed by atoms with E-state index >= 15 is 0 Å². The molecule has 3 aliphatic rings. The summed E-state index contributed by atoms with van der Waals surface area (Å²) < 4.78 is 0. The minimum atomic E-state index is 0.314. The van der Waals surface area contributed by atoms with E-state index in [2.05, 4.69) is 13.0 Å². The maximum Gasteiger partial charge on any atom is 0.0661 e. The fraction of sp³-hybridized carbons (Fsp3) is 0.941. The Balaban J connectivity index is 1.73. The molecule has 3 saturated carbocycles. The number of nitrogens with zero attached hydrogens (tertiary/aromatic N) is 1. The third-order valence-electron chi connectivity index (χ3n) is 6.82. The van der Waals surface area contributed by atoms with E-state index in [0.717, 1.165) is 36.5 Å². The molecule has 0 unspecified atom stereocenters. The Morgan fingerprint density at radius 1 is 1.21 bits per heavy atom. The topological polar surface area (TPSA) is 44.0 Å². The Morgan fingerprint density at radius 2 is 2.05 bits per heavy atom. The number of hydrogen-bond acceptors (Lipinski definition) is 2. The number of fused-ring (bicyclic) bond motifs is 3. The molecule has 0 radical (unpaired) electrons. The van der Waals surface area contributed by atoms with Gasteiger partial charge in [0.2, 0.25) is 0 Å². The summed E-state index contributed by atoms with van der Waals surface area (Å²) in [5.74, 6) is 3.66. The number of hydrogen-bond donors (Lipinski definition) is 1. The van der Waals surface area contributed by atoms with Gasteiger partial charge in [0.15, 0.2) is 0 Å². The van der Waals surface area contributed by atoms with Crippen molar-refractivity contribution in [2.75, 3.05) is 6.61 Å². The molecule has 0 bridgehead atoms. The zero-order valence-electron chi connectivity index (χ0n) is 12.1. The second kappa shape index (κ2) is 5.09.